The summed E-state index contributed by atoms with van der Waals surface area (Å²) in [6.07, 6.45) is 13.9. The van der Waals surface area contributed by atoms with E-state index < -0.39 is 0 Å². The van der Waals surface area contributed by atoms with Gasteiger partial charge in [0.1, 0.15) is 6.79 Å². The Balaban J connectivity index is 2.93. The molecular weight excluding hydrogens is 264 g/mol. The van der Waals surface area contributed by atoms with Gasteiger partial charge >= 0.3 is 0 Å². The predicted molar refractivity (Wildman–Crippen MR) is 89.7 cm³/mol. The van der Waals surface area contributed by atoms with Crippen LogP contribution < -0.4 is 0 Å². The van der Waals surface area contributed by atoms with Gasteiger partial charge in [0.05, 0.1) is 19.3 Å². The van der Waals surface area contributed by atoms with Gasteiger partial charge in [0, 0.05) is 6.61 Å². The zero-order chi connectivity index (χ0) is 15.6. The first kappa shape index (κ1) is 20.9. The second kappa shape index (κ2) is 17.9. The summed E-state index contributed by atoms with van der Waals surface area (Å²) in [6.45, 7) is 8.83. The van der Waals surface area contributed by atoms with Crippen molar-refractivity contribution in [1.29, 1.82) is 0 Å². The fourth-order valence-electron chi connectivity index (χ4n) is 2.15. The molecule has 3 heteroatoms. The van der Waals surface area contributed by atoms with Gasteiger partial charge in [-0.25, -0.2) is 0 Å². The van der Waals surface area contributed by atoms with Crippen molar-refractivity contribution in [3.63, 3.8) is 0 Å². The van der Waals surface area contributed by atoms with Gasteiger partial charge in [0.25, 0.3) is 0 Å². The Morgan fingerprint density at radius 3 is 1.71 bits per heavy atom. The monoisotopic (exact) mass is 302 g/mol. The molecular formula is C18H38O3. The van der Waals surface area contributed by atoms with Crippen molar-refractivity contribution in [2.24, 2.45) is 0 Å². The van der Waals surface area contributed by atoms with Gasteiger partial charge in [-0.15, -0.1) is 0 Å². The highest BCUT2D eigenvalue weighted by Crippen LogP contribution is 2.10. The molecule has 0 aliphatic carbocycles. The highest BCUT2D eigenvalue weighted by Gasteiger charge is 1.95. The Kier molecular flexibility index (Phi) is 17.8. The van der Waals surface area contributed by atoms with Gasteiger partial charge in [0.15, 0.2) is 0 Å². The first-order valence-corrected chi connectivity index (χ1v) is 9.04. The maximum absolute atomic E-state index is 5.53. The van der Waals surface area contributed by atoms with Crippen LogP contribution in [0.25, 0.3) is 0 Å². The van der Waals surface area contributed by atoms with Gasteiger partial charge in [-0.2, -0.15) is 0 Å². The van der Waals surface area contributed by atoms with E-state index in [2.05, 4.69) is 6.92 Å². The SMILES string of the molecule is CCCCCCCCCCCCOCCOCOC(C)C. The van der Waals surface area contributed by atoms with Crippen molar-refractivity contribution in [2.45, 2.75) is 91.1 Å². The molecule has 0 aliphatic rings. The molecule has 0 saturated carbocycles. The second-order valence-corrected chi connectivity index (χ2v) is 6.04. The number of unbranched alkanes of at least 4 members (excludes halogenated alkanes) is 9. The third-order valence-electron chi connectivity index (χ3n) is 3.50. The van der Waals surface area contributed by atoms with Crippen molar-refractivity contribution in [3.05, 3.63) is 0 Å². The second-order valence-electron chi connectivity index (χ2n) is 6.04. The van der Waals surface area contributed by atoms with E-state index in [0.717, 1.165) is 6.61 Å². The van der Waals surface area contributed by atoms with Crippen LogP contribution in [-0.4, -0.2) is 32.7 Å². The fraction of sp³-hybridized carbons (Fsp3) is 1.00. The quantitative estimate of drug-likeness (QED) is 0.269. The summed E-state index contributed by atoms with van der Waals surface area (Å²) in [5, 5.41) is 0. The van der Waals surface area contributed by atoms with Crippen molar-refractivity contribution in [3.8, 4) is 0 Å². The lowest BCUT2D eigenvalue weighted by molar-refractivity contribution is -0.0902. The van der Waals surface area contributed by atoms with E-state index in [1.807, 2.05) is 13.8 Å². The maximum atomic E-state index is 5.53. The first-order valence-electron chi connectivity index (χ1n) is 9.04. The average molecular weight is 302 g/mol. The van der Waals surface area contributed by atoms with Crippen molar-refractivity contribution >= 4 is 0 Å². The lowest BCUT2D eigenvalue weighted by Crippen LogP contribution is -2.11. The number of rotatable bonds is 17. The third kappa shape index (κ3) is 19.9. The van der Waals surface area contributed by atoms with Crippen LogP contribution >= 0.6 is 0 Å². The largest absolute Gasteiger partial charge is 0.379 e. The summed E-state index contributed by atoms with van der Waals surface area (Å²) in [6, 6.07) is 0. The molecule has 0 unspecified atom stereocenters. The molecule has 0 N–H and O–H groups in total. The highest BCUT2D eigenvalue weighted by molar-refractivity contribution is 4.47. The van der Waals surface area contributed by atoms with E-state index in [1.54, 1.807) is 0 Å². The van der Waals surface area contributed by atoms with E-state index in [0.29, 0.717) is 20.0 Å². The minimum absolute atomic E-state index is 0.234. The maximum Gasteiger partial charge on any atom is 0.147 e. The van der Waals surface area contributed by atoms with Crippen LogP contribution in [0.2, 0.25) is 0 Å². The Morgan fingerprint density at radius 2 is 1.14 bits per heavy atom. The van der Waals surface area contributed by atoms with Gasteiger partial charge in [-0.1, -0.05) is 64.7 Å². The van der Waals surface area contributed by atoms with E-state index in [9.17, 15) is 0 Å². The normalized spacial score (nSPS) is 11.4. The van der Waals surface area contributed by atoms with Gasteiger partial charge < -0.3 is 14.2 Å². The van der Waals surface area contributed by atoms with Crippen LogP contribution in [-0.2, 0) is 14.2 Å². The minimum Gasteiger partial charge on any atom is -0.379 e. The summed E-state index contributed by atoms with van der Waals surface area (Å²) in [5.74, 6) is 0. The highest BCUT2D eigenvalue weighted by atomic mass is 16.7. The lowest BCUT2D eigenvalue weighted by Gasteiger charge is -2.08. The zero-order valence-electron chi connectivity index (χ0n) is 14.7. The third-order valence-corrected chi connectivity index (χ3v) is 3.50. The summed E-state index contributed by atoms with van der Waals surface area (Å²) >= 11 is 0. The van der Waals surface area contributed by atoms with Crippen LogP contribution in [0.1, 0.15) is 85.0 Å². The Hall–Kier alpha value is -0.120. The number of ether oxygens (including phenoxy) is 3. The predicted octanol–water partition coefficient (Wildman–Crippen LogP) is 5.32. The van der Waals surface area contributed by atoms with E-state index >= 15 is 0 Å². The molecule has 0 aromatic rings. The van der Waals surface area contributed by atoms with Crippen LogP contribution in [0.5, 0.6) is 0 Å². The molecule has 3 nitrogen and oxygen atoms in total. The summed E-state index contributed by atoms with van der Waals surface area (Å²) in [5.41, 5.74) is 0. The molecule has 0 radical (unpaired) electrons. The summed E-state index contributed by atoms with van der Waals surface area (Å²) in [7, 11) is 0. The molecule has 0 rings (SSSR count). The van der Waals surface area contributed by atoms with Crippen LogP contribution in [0.3, 0.4) is 0 Å². The number of hydrogen-bond donors (Lipinski definition) is 0. The topological polar surface area (TPSA) is 27.7 Å². The molecule has 128 valence electrons. The lowest BCUT2D eigenvalue weighted by atomic mass is 10.1. The Morgan fingerprint density at radius 1 is 0.619 bits per heavy atom. The Bertz CT molecular complexity index is 183. The van der Waals surface area contributed by atoms with Crippen LogP contribution in [0.4, 0.5) is 0 Å². The summed E-state index contributed by atoms with van der Waals surface area (Å²) < 4.78 is 16.1. The molecule has 0 aromatic carbocycles. The van der Waals surface area contributed by atoms with Crippen molar-refractivity contribution in [2.75, 3.05) is 26.6 Å². The van der Waals surface area contributed by atoms with Crippen LogP contribution in [0.15, 0.2) is 0 Å². The number of hydrogen-bond acceptors (Lipinski definition) is 3. The first-order chi connectivity index (χ1) is 10.3. The molecule has 21 heavy (non-hydrogen) atoms. The van der Waals surface area contributed by atoms with E-state index in [4.69, 9.17) is 14.2 Å². The molecule has 0 amide bonds. The molecule has 0 heterocycles. The zero-order valence-corrected chi connectivity index (χ0v) is 14.7. The smallest absolute Gasteiger partial charge is 0.147 e. The molecule has 0 saturated heterocycles. The molecule has 0 bridgehead atoms. The molecule has 0 aromatic heterocycles. The molecule has 0 aliphatic heterocycles. The standard InChI is InChI=1S/C18H38O3/c1-4-5-6-7-8-9-10-11-12-13-14-19-15-16-20-17-21-18(2)3/h18H,4-17H2,1-3H3. The van der Waals surface area contributed by atoms with Crippen molar-refractivity contribution < 1.29 is 14.2 Å². The molecule has 0 fully saturated rings. The fourth-order valence-corrected chi connectivity index (χ4v) is 2.15. The van der Waals surface area contributed by atoms with Gasteiger partial charge in [0.2, 0.25) is 0 Å². The van der Waals surface area contributed by atoms with Crippen molar-refractivity contribution in [1.82, 2.24) is 0 Å². The Labute approximate surface area is 132 Å². The average Bonchev–Trinajstić information content (AvgIpc) is 2.46. The molecule has 0 atom stereocenters. The minimum atomic E-state index is 0.234. The van der Waals surface area contributed by atoms with E-state index in [1.165, 1.54) is 64.2 Å². The van der Waals surface area contributed by atoms with Gasteiger partial charge in [-0.05, 0) is 20.3 Å². The van der Waals surface area contributed by atoms with E-state index in [-0.39, 0.29) is 6.10 Å². The molecule has 0 spiro atoms. The summed E-state index contributed by atoms with van der Waals surface area (Å²) in [4.78, 5) is 0. The van der Waals surface area contributed by atoms with Crippen LogP contribution in [0, 0.1) is 0 Å². The van der Waals surface area contributed by atoms with Gasteiger partial charge in [-0.3, -0.25) is 0 Å².